The highest BCUT2D eigenvalue weighted by molar-refractivity contribution is 9.59. The summed E-state index contributed by atoms with van der Waals surface area (Å²) in [5, 5.41) is 0. The smallest absolute Gasteiger partial charge is 0.00000122 e. The number of hydrogen-bond donors (Lipinski definition) is 0. The standard InChI is InChI=1S/H93P91/c1-47-70(46)82(71(48(2)3)49(4)5)88(83(72(50(6)7)51(8)9)73(52(10)11)53(12)13)91(89(84(74(54(14)15)55(16)17)75(56(18)19)57(20)21)85(76(58(22)23)59(24)25)77(60(26)27)61(28)29)90(86(78(62(30)31)63(32)33)79(64(34)35)65(36)37)87(80(66(38)39)67(40)41)81(68(42)43)69(44)45/h47H,1-46H2. The molecule has 0 saturated carbocycles. The molecule has 91 heteroatoms. The summed E-state index contributed by atoms with van der Waals surface area (Å²) in [6, 6.07) is 0. The van der Waals surface area contributed by atoms with Gasteiger partial charge in [-0.15, -0.1) is 411 Å². The maximum atomic E-state index is 4.00. The van der Waals surface area contributed by atoms with Crippen molar-refractivity contribution in [3.8, 4) is 0 Å². The summed E-state index contributed by atoms with van der Waals surface area (Å²) in [5.74, 6) is 0. The highest BCUT2D eigenvalue weighted by atomic mass is 33.6. The number of rotatable bonds is 44. The van der Waals surface area contributed by atoms with Gasteiger partial charge in [0, 0.05) is 0 Å². The summed E-state index contributed by atoms with van der Waals surface area (Å²) in [5.41, 5.74) is 0. The molecule has 0 nitrogen and oxygen atoms in total. The molecule has 0 saturated heterocycles. The van der Waals surface area contributed by atoms with Crippen LogP contribution in [-0.4, -0.2) is 0 Å². The van der Waals surface area contributed by atoms with E-state index in [0.29, 0.717) is 0 Å². The quantitative estimate of drug-likeness (QED) is 0.0534. The molecule has 0 aromatic heterocycles. The van der Waals surface area contributed by atoms with E-state index in [1.54, 1.807) is 0 Å². The Morgan fingerprint density at radius 2 is 0.165 bits per heavy atom. The van der Waals surface area contributed by atoms with Gasteiger partial charge in [-0.2, -0.15) is 0 Å². The summed E-state index contributed by atoms with van der Waals surface area (Å²) in [6.07, 6.45) is 0. The molecule has 0 spiro atoms. The predicted octanol–water partition coefficient (Wildman–Crippen LogP) is 53.5. The van der Waals surface area contributed by atoms with Crippen molar-refractivity contribution in [2.45, 2.75) is 0 Å². The van der Waals surface area contributed by atoms with Crippen molar-refractivity contribution >= 4 is 726 Å². The van der Waals surface area contributed by atoms with Crippen LogP contribution in [0.5, 0.6) is 0 Å². The molecule has 0 N–H and O–H groups in total. The lowest BCUT2D eigenvalue weighted by atomic mass is 28.4. The van der Waals surface area contributed by atoms with Crippen molar-refractivity contribution in [2.75, 3.05) is 0 Å². The minimum absolute atomic E-state index is 0.337. The molecule has 0 aliphatic heterocycles. The van der Waals surface area contributed by atoms with E-state index in [1.807, 2.05) is 0 Å². The molecule has 0 radical (unpaired) electrons. The van der Waals surface area contributed by atoms with Crippen LogP contribution < -0.4 is 0 Å². The second-order valence-corrected chi connectivity index (χ2v) is 391. The highest BCUT2D eigenvalue weighted by Crippen LogP contribution is 3.53. The molecular weight excluding hydrogens is 2820 g/mol. The molecule has 0 aliphatic rings. The van der Waals surface area contributed by atoms with Crippen molar-refractivity contribution in [1.82, 2.24) is 0 Å². The molecule has 0 aromatic carbocycles. The summed E-state index contributed by atoms with van der Waals surface area (Å²) in [6.45, 7) is -17.7. The van der Waals surface area contributed by atoms with E-state index in [-0.39, 0.29) is 126 Å². The number of hydrogen-bond acceptors (Lipinski definition) is 0. The molecule has 0 aromatic rings. The van der Waals surface area contributed by atoms with Gasteiger partial charge in [0.1, 0.15) is 0 Å². The van der Waals surface area contributed by atoms with Crippen LogP contribution in [0.3, 0.4) is 0 Å². The zero-order valence-corrected chi connectivity index (χ0v) is 140. The van der Waals surface area contributed by atoms with Gasteiger partial charge in [-0.05, 0) is 307 Å². The Kier molecular flexibility index (Phi) is 102. The van der Waals surface area contributed by atoms with Crippen LogP contribution in [0, 0.1) is 0 Å². The van der Waals surface area contributed by atoms with Gasteiger partial charge in [-0.25, -0.2) is 0 Å². The van der Waals surface area contributed by atoms with E-state index >= 15 is 0 Å². The molecule has 91 heavy (non-hydrogen) atoms. The van der Waals surface area contributed by atoms with E-state index in [9.17, 15) is 0 Å². The second-order valence-electron chi connectivity index (χ2n) is 14.5. The van der Waals surface area contributed by atoms with Crippen molar-refractivity contribution in [3.05, 3.63) is 0 Å². The summed E-state index contributed by atoms with van der Waals surface area (Å²) < 4.78 is 0. The molecule has 0 fully saturated rings. The first-order chi connectivity index (χ1) is 41.4. The maximum Gasteiger partial charge on any atom is -0.00000122 e. The summed E-state index contributed by atoms with van der Waals surface area (Å²) in [4.78, 5) is 0. The normalized spacial score (nSPS) is 15.7. The van der Waals surface area contributed by atoms with Crippen LogP contribution in [0.15, 0.2) is 0 Å². The van der Waals surface area contributed by atoms with Crippen LogP contribution in [0.2, 0.25) is 0 Å². The van der Waals surface area contributed by atoms with Crippen molar-refractivity contribution in [2.24, 2.45) is 0 Å². The van der Waals surface area contributed by atoms with Gasteiger partial charge in [0.2, 0.25) is 0 Å². The molecule has 50 atom stereocenters. The molecule has 0 aliphatic carbocycles. The third-order valence-corrected chi connectivity index (χ3v) is 654. The van der Waals surface area contributed by atoms with Crippen LogP contribution >= 0.6 is 726 Å². The monoisotopic (exact) mass is 2910 g/mol. The van der Waals surface area contributed by atoms with Crippen molar-refractivity contribution in [3.63, 3.8) is 0 Å². The zero-order chi connectivity index (χ0) is 72.1. The van der Waals surface area contributed by atoms with Gasteiger partial charge in [-0.3, -0.25) is 0 Å². The average Bonchev–Trinajstić information content (AvgIpc) is 3.33. The van der Waals surface area contributed by atoms with Crippen molar-refractivity contribution in [1.29, 1.82) is 0 Å². The zero-order valence-electron chi connectivity index (χ0n) is 46.7. The van der Waals surface area contributed by atoms with Crippen LogP contribution in [-0.2, 0) is 0 Å². The van der Waals surface area contributed by atoms with Gasteiger partial charge < -0.3 is 0 Å². The SMILES string of the molecule is PPP(P)P(P(P(P)P)P(P)P)P(P(P(P(P)P)P(P)P)P(P(P)P)P(P)P)P(P(P(P(P(P)P)P(P)P)P(P(P)P)P(P)P)P(P(P(P)P)P(P)P)P(P(P)P)P(P)P)P(P(P(P(P)P)P(P)P)P(P(P)P)P(P)P)P(P(P(P)P)P(P)P)P(P(P)P)P(P)P. The summed E-state index contributed by atoms with van der Waals surface area (Å²) in [7, 11) is 174. The maximum absolute atomic E-state index is 4.00. The first-order valence-corrected chi connectivity index (χ1v) is 187. The first kappa shape index (κ1) is 130. The Morgan fingerprint density at radius 3 is 0.242 bits per heavy atom. The minimum atomic E-state index is -0.563. The lowest BCUT2D eigenvalue weighted by Gasteiger charge is -2.63. The Bertz CT molecular complexity index is 1460. The highest BCUT2D eigenvalue weighted by Gasteiger charge is 2.66. The Labute approximate surface area is 714 Å². The molecular formula is H93P91. The fraction of sp³-hybridized carbons (Fsp3) is 0. The average molecular weight is 2910 g/mol. The van der Waals surface area contributed by atoms with Gasteiger partial charge in [0.15, 0.2) is 0 Å². The lowest BCUT2D eigenvalue weighted by molar-refractivity contribution is 4.30. The molecule has 50 unspecified atom stereocenters. The van der Waals surface area contributed by atoms with E-state index < -0.39 is 182 Å². The van der Waals surface area contributed by atoms with E-state index in [2.05, 4.69) is 411 Å². The van der Waals surface area contributed by atoms with Crippen LogP contribution in [0.25, 0.3) is 0 Å². The van der Waals surface area contributed by atoms with Gasteiger partial charge in [0.25, 0.3) is 0 Å². The fourth-order valence-electron chi connectivity index (χ4n) is 5.57. The first-order valence-electron chi connectivity index (χ1n) is 20.7. The Hall–Kier alpha value is 39.1. The van der Waals surface area contributed by atoms with E-state index in [1.165, 1.54) is 0 Å². The molecule has 0 heterocycles. The third-order valence-electron chi connectivity index (χ3n) is 8.07. The lowest BCUT2D eigenvalue weighted by Crippen LogP contribution is -1.76. The van der Waals surface area contributed by atoms with Gasteiger partial charge >= 0.3 is 0 Å². The summed E-state index contributed by atoms with van der Waals surface area (Å²) >= 11 is 0. The topological polar surface area (TPSA) is 0 Å². The van der Waals surface area contributed by atoms with E-state index in [4.69, 9.17) is 0 Å². The van der Waals surface area contributed by atoms with Gasteiger partial charge in [0.05, 0.1) is 0 Å². The second kappa shape index (κ2) is 71.6. The molecule has 0 amide bonds. The van der Waals surface area contributed by atoms with Crippen LogP contribution in [0.4, 0.5) is 0 Å². The van der Waals surface area contributed by atoms with Crippen molar-refractivity contribution < 1.29 is 0 Å². The van der Waals surface area contributed by atoms with Gasteiger partial charge in [-0.1, -0.05) is 7.96 Å². The third kappa shape index (κ3) is 45.9. The molecule has 0 bridgehead atoms. The predicted molar refractivity (Wildman–Crippen MR) is 759 cm³/mol. The minimum Gasteiger partial charge on any atom is -0.109 e. The van der Waals surface area contributed by atoms with Crippen LogP contribution in [0.1, 0.15) is 0 Å². The Balaban J connectivity index is 13.8. The largest absolute Gasteiger partial charge is 0.109 e. The fourth-order valence-corrected chi connectivity index (χ4v) is 1350. The Morgan fingerprint density at radius 1 is 0.0989 bits per heavy atom. The molecule has 0 rings (SSSR count). The van der Waals surface area contributed by atoms with E-state index in [0.717, 1.165) is 7.96 Å². The molecule has 548 valence electrons.